The molecule has 130 valence electrons. The van der Waals surface area contributed by atoms with Gasteiger partial charge in [-0.2, -0.15) is 0 Å². The maximum absolute atomic E-state index is 11.8. The largest absolute Gasteiger partial charge is 0.465 e. The second-order valence-electron chi connectivity index (χ2n) is 4.91. The number of rotatable bonds is 7. The van der Waals surface area contributed by atoms with Gasteiger partial charge in [-0.25, -0.2) is 9.59 Å². The highest BCUT2D eigenvalue weighted by Crippen LogP contribution is 2.22. The van der Waals surface area contributed by atoms with Gasteiger partial charge >= 0.3 is 11.9 Å². The average molecular weight is 344 g/mol. The fourth-order valence-corrected chi connectivity index (χ4v) is 2.07. The first kappa shape index (κ1) is 17.9. The van der Waals surface area contributed by atoms with Crippen molar-refractivity contribution < 1.29 is 24.0 Å². The molecule has 2 aromatic carbocycles. The van der Waals surface area contributed by atoms with Crippen LogP contribution in [0.25, 0.3) is 0 Å². The second kappa shape index (κ2) is 8.44. The smallest absolute Gasteiger partial charge is 0.340 e. The number of nitro groups is 1. The molecule has 0 saturated heterocycles. The van der Waals surface area contributed by atoms with Crippen molar-refractivity contribution in [1.29, 1.82) is 0 Å². The lowest BCUT2D eigenvalue weighted by atomic mass is 10.1. The highest BCUT2D eigenvalue weighted by atomic mass is 16.6. The summed E-state index contributed by atoms with van der Waals surface area (Å²) in [6, 6.07) is 12.3. The van der Waals surface area contributed by atoms with Crippen molar-refractivity contribution in [3.05, 3.63) is 69.8 Å². The molecule has 0 radical (unpaired) electrons. The molecule has 0 unspecified atom stereocenters. The standard InChI is InChI=1S/C17H16N2O6/c1-24-17(21)14-11-13(19(22)23)7-8-15(14)18-9-10-25-16(20)12-5-3-2-4-6-12/h2-8,11,18H,9-10H2,1H3. The van der Waals surface area contributed by atoms with E-state index in [0.717, 1.165) is 6.07 Å². The first-order chi connectivity index (χ1) is 12.0. The zero-order chi connectivity index (χ0) is 18.2. The number of nitrogens with one attached hydrogen (secondary N) is 1. The molecule has 2 aromatic rings. The van der Waals surface area contributed by atoms with E-state index in [2.05, 4.69) is 10.1 Å². The Kier molecular flexibility index (Phi) is 6.05. The topological polar surface area (TPSA) is 108 Å². The molecule has 0 aliphatic rings. The molecule has 0 heterocycles. The van der Waals surface area contributed by atoms with Crippen LogP contribution in [0.5, 0.6) is 0 Å². The average Bonchev–Trinajstić information content (AvgIpc) is 2.65. The summed E-state index contributed by atoms with van der Waals surface area (Å²) < 4.78 is 9.74. The van der Waals surface area contributed by atoms with Crippen molar-refractivity contribution >= 4 is 23.3 Å². The molecule has 2 rings (SSSR count). The predicted molar refractivity (Wildman–Crippen MR) is 89.7 cm³/mol. The SMILES string of the molecule is COC(=O)c1cc([N+](=O)[O-])ccc1NCCOC(=O)c1ccccc1. The van der Waals surface area contributed by atoms with Crippen LogP contribution in [0.1, 0.15) is 20.7 Å². The molecule has 1 N–H and O–H groups in total. The van der Waals surface area contributed by atoms with Crippen molar-refractivity contribution in [1.82, 2.24) is 0 Å². The van der Waals surface area contributed by atoms with E-state index in [-0.39, 0.29) is 24.4 Å². The fraction of sp³-hybridized carbons (Fsp3) is 0.176. The molecule has 0 amide bonds. The highest BCUT2D eigenvalue weighted by molar-refractivity contribution is 5.96. The molecule has 0 fully saturated rings. The minimum Gasteiger partial charge on any atom is -0.465 e. The third-order valence-electron chi connectivity index (χ3n) is 3.28. The summed E-state index contributed by atoms with van der Waals surface area (Å²) in [4.78, 5) is 33.8. The minimum absolute atomic E-state index is 0.0334. The summed E-state index contributed by atoms with van der Waals surface area (Å²) >= 11 is 0. The molecule has 0 atom stereocenters. The number of carbonyl (C=O) groups is 2. The van der Waals surface area contributed by atoms with Crippen LogP contribution in [0.4, 0.5) is 11.4 Å². The Morgan fingerprint density at radius 1 is 1.12 bits per heavy atom. The number of nitrogens with zero attached hydrogens (tertiary/aromatic N) is 1. The summed E-state index contributed by atoms with van der Waals surface area (Å²) in [5.41, 5.74) is 0.605. The van der Waals surface area contributed by atoms with Gasteiger partial charge in [-0.1, -0.05) is 18.2 Å². The van der Waals surface area contributed by atoms with Crippen molar-refractivity contribution in [3.8, 4) is 0 Å². The maximum atomic E-state index is 11.8. The van der Waals surface area contributed by atoms with Gasteiger partial charge in [0.25, 0.3) is 5.69 Å². The summed E-state index contributed by atoms with van der Waals surface area (Å²) in [6.07, 6.45) is 0. The number of hydrogen-bond acceptors (Lipinski definition) is 7. The van der Waals surface area contributed by atoms with Crippen LogP contribution >= 0.6 is 0 Å². The Bertz CT molecular complexity index is 776. The Hall–Kier alpha value is -3.42. The number of non-ortho nitro benzene ring substituents is 1. The molecule has 0 saturated carbocycles. The predicted octanol–water partition coefficient (Wildman–Crippen LogP) is 2.65. The quantitative estimate of drug-likeness (QED) is 0.356. The van der Waals surface area contributed by atoms with Crippen LogP contribution in [0.3, 0.4) is 0 Å². The third kappa shape index (κ3) is 4.77. The molecule has 0 aliphatic heterocycles. The van der Waals surface area contributed by atoms with Crippen LogP contribution in [0.2, 0.25) is 0 Å². The van der Waals surface area contributed by atoms with Crippen molar-refractivity contribution in [2.24, 2.45) is 0 Å². The molecular formula is C17H16N2O6. The van der Waals surface area contributed by atoms with Crippen LogP contribution in [-0.2, 0) is 9.47 Å². The van der Waals surface area contributed by atoms with Crippen LogP contribution in [-0.4, -0.2) is 37.1 Å². The lowest BCUT2D eigenvalue weighted by Crippen LogP contribution is -2.16. The molecule has 8 nitrogen and oxygen atoms in total. The first-order valence-electron chi connectivity index (χ1n) is 7.35. The van der Waals surface area contributed by atoms with Gasteiger partial charge in [-0.15, -0.1) is 0 Å². The van der Waals surface area contributed by atoms with Gasteiger partial charge in [0.15, 0.2) is 0 Å². The minimum atomic E-state index is -0.701. The Labute approximate surface area is 143 Å². The van der Waals surface area contributed by atoms with Crippen LogP contribution in [0, 0.1) is 10.1 Å². The zero-order valence-electron chi connectivity index (χ0n) is 13.4. The van der Waals surface area contributed by atoms with Crippen molar-refractivity contribution in [3.63, 3.8) is 0 Å². The van der Waals surface area contributed by atoms with E-state index in [0.29, 0.717) is 11.3 Å². The van der Waals surface area contributed by atoms with Gasteiger partial charge in [-0.05, 0) is 18.2 Å². The number of nitro benzene ring substituents is 1. The number of ether oxygens (including phenoxy) is 2. The number of esters is 2. The lowest BCUT2D eigenvalue weighted by Gasteiger charge is -2.11. The molecule has 0 spiro atoms. The van der Waals surface area contributed by atoms with E-state index in [1.165, 1.54) is 19.2 Å². The van der Waals surface area contributed by atoms with E-state index in [4.69, 9.17) is 4.74 Å². The van der Waals surface area contributed by atoms with Gasteiger partial charge in [0.2, 0.25) is 0 Å². The van der Waals surface area contributed by atoms with Gasteiger partial charge in [0, 0.05) is 24.4 Å². The highest BCUT2D eigenvalue weighted by Gasteiger charge is 2.17. The molecule has 0 bridgehead atoms. The van der Waals surface area contributed by atoms with Gasteiger partial charge in [0.05, 0.1) is 23.2 Å². The van der Waals surface area contributed by atoms with Crippen LogP contribution in [0.15, 0.2) is 48.5 Å². The summed E-state index contributed by atoms with van der Waals surface area (Å²) in [7, 11) is 1.19. The van der Waals surface area contributed by atoms with Gasteiger partial charge in [-0.3, -0.25) is 10.1 Å². The summed E-state index contributed by atoms with van der Waals surface area (Å²) in [5, 5.41) is 13.7. The zero-order valence-corrected chi connectivity index (χ0v) is 13.4. The van der Waals surface area contributed by atoms with E-state index >= 15 is 0 Å². The monoisotopic (exact) mass is 344 g/mol. The third-order valence-corrected chi connectivity index (χ3v) is 3.28. The van der Waals surface area contributed by atoms with Crippen LogP contribution < -0.4 is 5.32 Å². The first-order valence-corrected chi connectivity index (χ1v) is 7.35. The summed E-state index contributed by atoms with van der Waals surface area (Å²) in [5.74, 6) is -1.16. The lowest BCUT2D eigenvalue weighted by molar-refractivity contribution is -0.384. The number of carbonyl (C=O) groups excluding carboxylic acids is 2. The molecule has 8 heteroatoms. The molecule has 0 aromatic heterocycles. The number of anilines is 1. The normalized spacial score (nSPS) is 9.96. The number of benzene rings is 2. The number of methoxy groups -OCH3 is 1. The van der Waals surface area contributed by atoms with E-state index in [1.54, 1.807) is 30.3 Å². The second-order valence-corrected chi connectivity index (χ2v) is 4.91. The van der Waals surface area contributed by atoms with Crippen molar-refractivity contribution in [2.75, 3.05) is 25.6 Å². The maximum Gasteiger partial charge on any atom is 0.340 e. The Morgan fingerprint density at radius 2 is 1.84 bits per heavy atom. The van der Waals surface area contributed by atoms with E-state index in [9.17, 15) is 19.7 Å². The van der Waals surface area contributed by atoms with E-state index < -0.39 is 16.9 Å². The molecule has 0 aliphatic carbocycles. The van der Waals surface area contributed by atoms with Crippen molar-refractivity contribution in [2.45, 2.75) is 0 Å². The fourth-order valence-electron chi connectivity index (χ4n) is 2.07. The Morgan fingerprint density at radius 3 is 2.48 bits per heavy atom. The molecule has 25 heavy (non-hydrogen) atoms. The summed E-state index contributed by atoms with van der Waals surface area (Å²) in [6.45, 7) is 0.283. The molecular weight excluding hydrogens is 328 g/mol. The van der Waals surface area contributed by atoms with Gasteiger partial charge in [0.1, 0.15) is 6.61 Å². The number of hydrogen-bond donors (Lipinski definition) is 1. The van der Waals surface area contributed by atoms with E-state index in [1.807, 2.05) is 0 Å². The van der Waals surface area contributed by atoms with Gasteiger partial charge < -0.3 is 14.8 Å². The Balaban J connectivity index is 1.97.